The number of nitrogens with two attached hydrogens (primary N) is 1. The molecule has 0 bridgehead atoms. The van der Waals surface area contributed by atoms with Crippen molar-refractivity contribution in [3.63, 3.8) is 0 Å². The van der Waals surface area contributed by atoms with E-state index in [1.165, 1.54) is 12.1 Å². The van der Waals surface area contributed by atoms with Gasteiger partial charge in [0.05, 0.1) is 0 Å². The van der Waals surface area contributed by atoms with E-state index >= 15 is 0 Å². The Morgan fingerprint density at radius 1 is 1.18 bits per heavy atom. The van der Waals surface area contributed by atoms with E-state index in [2.05, 4.69) is 4.74 Å². The molecule has 1 aliphatic rings. The topological polar surface area (TPSA) is 35.2 Å². The van der Waals surface area contributed by atoms with Crippen LogP contribution in [0.4, 0.5) is 13.2 Å². The van der Waals surface area contributed by atoms with Crippen LogP contribution in [0.2, 0.25) is 0 Å². The second-order valence-corrected chi connectivity index (χ2v) is 4.05. The molecule has 0 atom stereocenters. The van der Waals surface area contributed by atoms with Gasteiger partial charge in [0.15, 0.2) is 0 Å². The normalized spacial score (nSPS) is 17.9. The second kappa shape index (κ2) is 4.74. The molecule has 0 spiro atoms. The van der Waals surface area contributed by atoms with E-state index in [1.54, 1.807) is 12.1 Å². The molecule has 0 heterocycles. The Morgan fingerprint density at radius 2 is 1.76 bits per heavy atom. The van der Waals surface area contributed by atoms with Crippen LogP contribution in [-0.4, -0.2) is 6.36 Å². The third-order valence-electron chi connectivity index (χ3n) is 2.89. The molecule has 0 amide bonds. The third kappa shape index (κ3) is 3.04. The summed E-state index contributed by atoms with van der Waals surface area (Å²) in [5, 5.41) is 0. The molecule has 2 nitrogen and oxygen atoms in total. The highest BCUT2D eigenvalue weighted by Crippen LogP contribution is 2.43. The summed E-state index contributed by atoms with van der Waals surface area (Å²) in [5.41, 5.74) is 5.79. The summed E-state index contributed by atoms with van der Waals surface area (Å²) in [6, 6.07) is 6.08. The minimum Gasteiger partial charge on any atom is -0.405 e. The summed E-state index contributed by atoms with van der Waals surface area (Å²) in [6.07, 6.45) is -2.33. The van der Waals surface area contributed by atoms with Crippen LogP contribution >= 0.6 is 12.4 Å². The van der Waals surface area contributed by atoms with Gasteiger partial charge in [-0.15, -0.1) is 25.6 Å². The molecule has 0 radical (unpaired) electrons. The fourth-order valence-corrected chi connectivity index (χ4v) is 1.92. The van der Waals surface area contributed by atoms with E-state index in [-0.39, 0.29) is 18.2 Å². The Kier molecular flexibility index (Phi) is 3.94. The summed E-state index contributed by atoms with van der Waals surface area (Å²) in [6.45, 7) is 0. The minimum absolute atomic E-state index is 0. The Morgan fingerprint density at radius 3 is 2.24 bits per heavy atom. The first-order valence-electron chi connectivity index (χ1n) is 5.05. The number of hydrogen-bond acceptors (Lipinski definition) is 2. The Labute approximate surface area is 103 Å². The molecule has 2 rings (SSSR count). The number of para-hydroxylation sites is 1. The number of rotatable bonds is 2. The van der Waals surface area contributed by atoms with Gasteiger partial charge in [0.2, 0.25) is 0 Å². The Hall–Kier alpha value is -0.940. The summed E-state index contributed by atoms with van der Waals surface area (Å²) >= 11 is 0. The lowest BCUT2D eigenvalue weighted by atomic mass is 9.72. The summed E-state index contributed by atoms with van der Waals surface area (Å²) in [4.78, 5) is 0. The van der Waals surface area contributed by atoms with Gasteiger partial charge in [0.25, 0.3) is 0 Å². The quantitative estimate of drug-likeness (QED) is 0.892. The molecule has 17 heavy (non-hydrogen) atoms. The maximum atomic E-state index is 12.2. The zero-order chi connectivity index (χ0) is 11.8. The van der Waals surface area contributed by atoms with Crippen molar-refractivity contribution in [2.24, 2.45) is 5.73 Å². The first-order valence-corrected chi connectivity index (χ1v) is 5.05. The smallest absolute Gasteiger partial charge is 0.405 e. The number of hydrogen-bond donors (Lipinski definition) is 1. The Balaban J connectivity index is 0.00000144. The molecule has 0 aromatic heterocycles. The maximum Gasteiger partial charge on any atom is 0.573 e. The summed E-state index contributed by atoms with van der Waals surface area (Å²) in [7, 11) is 0. The van der Waals surface area contributed by atoms with Crippen molar-refractivity contribution in [3.05, 3.63) is 29.8 Å². The lowest BCUT2D eigenvalue weighted by Gasteiger charge is -2.39. The van der Waals surface area contributed by atoms with Crippen molar-refractivity contribution in [1.82, 2.24) is 0 Å². The zero-order valence-corrected chi connectivity index (χ0v) is 9.77. The predicted molar refractivity (Wildman–Crippen MR) is 60.1 cm³/mol. The van der Waals surface area contributed by atoms with Crippen molar-refractivity contribution in [2.75, 3.05) is 0 Å². The summed E-state index contributed by atoms with van der Waals surface area (Å²) in [5.74, 6) is -0.183. The zero-order valence-electron chi connectivity index (χ0n) is 8.96. The molecule has 1 saturated carbocycles. The molecular formula is C11H13ClF3NO. The van der Waals surface area contributed by atoms with Crippen LogP contribution in [0, 0.1) is 0 Å². The number of benzene rings is 1. The SMILES string of the molecule is Cl.NC1(c2ccccc2OC(F)(F)F)CCC1. The highest BCUT2D eigenvalue weighted by atomic mass is 35.5. The van der Waals surface area contributed by atoms with Crippen LogP contribution in [0.3, 0.4) is 0 Å². The van der Waals surface area contributed by atoms with Gasteiger partial charge in [0.1, 0.15) is 5.75 Å². The monoisotopic (exact) mass is 267 g/mol. The van der Waals surface area contributed by atoms with Gasteiger partial charge in [-0.1, -0.05) is 18.2 Å². The van der Waals surface area contributed by atoms with Crippen LogP contribution in [0.25, 0.3) is 0 Å². The van der Waals surface area contributed by atoms with Crippen LogP contribution < -0.4 is 10.5 Å². The van der Waals surface area contributed by atoms with E-state index < -0.39 is 11.9 Å². The van der Waals surface area contributed by atoms with Crippen molar-refractivity contribution < 1.29 is 17.9 Å². The van der Waals surface area contributed by atoms with E-state index in [9.17, 15) is 13.2 Å². The van der Waals surface area contributed by atoms with Crippen molar-refractivity contribution in [2.45, 2.75) is 31.2 Å². The van der Waals surface area contributed by atoms with E-state index in [0.29, 0.717) is 18.4 Å². The first kappa shape index (κ1) is 14.1. The molecule has 1 aromatic carbocycles. The number of ether oxygens (including phenoxy) is 1. The average molecular weight is 268 g/mol. The highest BCUT2D eigenvalue weighted by Gasteiger charge is 2.39. The van der Waals surface area contributed by atoms with Gasteiger partial charge in [-0.2, -0.15) is 0 Å². The van der Waals surface area contributed by atoms with Crippen LogP contribution in [0.1, 0.15) is 24.8 Å². The molecule has 6 heteroatoms. The Bertz CT molecular complexity index is 391. The van der Waals surface area contributed by atoms with Gasteiger partial charge in [-0.05, 0) is 25.3 Å². The number of halogens is 4. The van der Waals surface area contributed by atoms with Crippen molar-refractivity contribution in [3.8, 4) is 5.75 Å². The van der Waals surface area contributed by atoms with Gasteiger partial charge in [0, 0.05) is 11.1 Å². The maximum absolute atomic E-state index is 12.2. The lowest BCUT2D eigenvalue weighted by Crippen LogP contribution is -2.43. The second-order valence-electron chi connectivity index (χ2n) is 4.05. The molecule has 0 saturated heterocycles. The largest absolute Gasteiger partial charge is 0.573 e. The minimum atomic E-state index is -4.67. The molecule has 2 N–H and O–H groups in total. The third-order valence-corrected chi connectivity index (χ3v) is 2.89. The highest BCUT2D eigenvalue weighted by molar-refractivity contribution is 5.85. The van der Waals surface area contributed by atoms with E-state index in [1.807, 2.05) is 0 Å². The summed E-state index contributed by atoms with van der Waals surface area (Å²) < 4.78 is 40.5. The molecule has 1 aromatic rings. The van der Waals surface area contributed by atoms with E-state index in [4.69, 9.17) is 5.73 Å². The van der Waals surface area contributed by atoms with Gasteiger partial charge in [-0.3, -0.25) is 0 Å². The average Bonchev–Trinajstić information content (AvgIpc) is 2.12. The van der Waals surface area contributed by atoms with Crippen LogP contribution in [0.15, 0.2) is 24.3 Å². The van der Waals surface area contributed by atoms with Gasteiger partial charge >= 0.3 is 6.36 Å². The molecule has 0 unspecified atom stereocenters. The van der Waals surface area contributed by atoms with Crippen LogP contribution in [-0.2, 0) is 5.54 Å². The molecule has 96 valence electrons. The lowest BCUT2D eigenvalue weighted by molar-refractivity contribution is -0.275. The van der Waals surface area contributed by atoms with Crippen molar-refractivity contribution >= 4 is 12.4 Å². The molecular weight excluding hydrogens is 255 g/mol. The van der Waals surface area contributed by atoms with E-state index in [0.717, 1.165) is 6.42 Å². The number of alkyl halides is 3. The van der Waals surface area contributed by atoms with Crippen molar-refractivity contribution in [1.29, 1.82) is 0 Å². The van der Waals surface area contributed by atoms with Gasteiger partial charge < -0.3 is 10.5 Å². The molecule has 1 aliphatic carbocycles. The predicted octanol–water partition coefficient (Wildman–Crippen LogP) is 3.34. The van der Waals surface area contributed by atoms with Gasteiger partial charge in [-0.25, -0.2) is 0 Å². The fourth-order valence-electron chi connectivity index (χ4n) is 1.92. The fraction of sp³-hybridized carbons (Fsp3) is 0.455. The van der Waals surface area contributed by atoms with Crippen LogP contribution in [0.5, 0.6) is 5.75 Å². The molecule has 1 fully saturated rings. The standard InChI is InChI=1S/C11H12F3NO.ClH/c12-11(13,14)16-9-5-2-1-4-8(9)10(15)6-3-7-10;/h1-2,4-5H,3,6-7,15H2;1H. The molecule has 0 aliphatic heterocycles. The first-order chi connectivity index (χ1) is 7.41.